The fourth-order valence-electron chi connectivity index (χ4n) is 3.95. The van der Waals surface area contributed by atoms with Gasteiger partial charge in [0.2, 0.25) is 0 Å². The summed E-state index contributed by atoms with van der Waals surface area (Å²) in [6.45, 7) is 11.8. The van der Waals surface area contributed by atoms with Crippen LogP contribution in [0.1, 0.15) is 25.0 Å². The lowest BCUT2D eigenvalue weighted by molar-refractivity contribution is 0.296. The summed E-state index contributed by atoms with van der Waals surface area (Å²) in [7, 11) is 1.84. The summed E-state index contributed by atoms with van der Waals surface area (Å²) in [5.41, 5.74) is 3.53. The van der Waals surface area contributed by atoms with Crippen LogP contribution < -0.4 is 10.2 Å². The first-order valence-corrected chi connectivity index (χ1v) is 10.9. The third kappa shape index (κ3) is 7.00. The van der Waals surface area contributed by atoms with Gasteiger partial charge in [0.05, 0.1) is 5.69 Å². The van der Waals surface area contributed by atoms with Gasteiger partial charge in [-0.15, -0.1) is 24.0 Å². The zero-order valence-electron chi connectivity index (χ0n) is 18.9. The van der Waals surface area contributed by atoms with Gasteiger partial charge in [0, 0.05) is 46.3 Å². The maximum absolute atomic E-state index is 10.1. The number of aromatic hydroxyl groups is 1. The molecule has 7 heteroatoms. The van der Waals surface area contributed by atoms with Crippen molar-refractivity contribution >= 4 is 35.6 Å². The summed E-state index contributed by atoms with van der Waals surface area (Å²) in [6.07, 6.45) is 0. The van der Waals surface area contributed by atoms with Crippen molar-refractivity contribution in [1.82, 2.24) is 15.1 Å². The van der Waals surface area contributed by atoms with Crippen molar-refractivity contribution in [2.45, 2.75) is 26.9 Å². The predicted molar refractivity (Wildman–Crippen MR) is 141 cm³/mol. The number of hydrogen-bond acceptors (Lipinski definition) is 4. The second-order valence-corrected chi connectivity index (χ2v) is 7.64. The van der Waals surface area contributed by atoms with Gasteiger partial charge in [0.15, 0.2) is 5.96 Å². The Balaban J connectivity index is 0.00000341. The average molecular weight is 537 g/mol. The second kappa shape index (κ2) is 12.8. The fourth-order valence-corrected chi connectivity index (χ4v) is 3.95. The van der Waals surface area contributed by atoms with Crippen LogP contribution in [0.3, 0.4) is 0 Å². The first-order valence-electron chi connectivity index (χ1n) is 10.9. The van der Waals surface area contributed by atoms with E-state index in [0.29, 0.717) is 5.75 Å². The molecule has 0 saturated carbocycles. The topological polar surface area (TPSA) is 54.3 Å². The number of anilines is 1. The highest BCUT2D eigenvalue weighted by Crippen LogP contribution is 2.27. The standard InChI is InChI=1S/C24H35N5O.HI/c1-4-27(5-2)19-21-10-8-9-20(17-21)18-26-24(25-3)29-15-13-28(14-16-29)22-11-6-7-12-23(22)30;/h6-12,17,30H,4-5,13-16,18-19H2,1-3H3,(H,25,26);1H. The normalized spacial score (nSPS) is 14.5. The smallest absolute Gasteiger partial charge is 0.194 e. The SMILES string of the molecule is CCN(CC)Cc1cccc(CNC(=NC)N2CCN(c3ccccc3O)CC2)c1.I. The molecular weight excluding hydrogens is 501 g/mol. The van der Waals surface area contributed by atoms with Crippen molar-refractivity contribution in [2.24, 2.45) is 4.99 Å². The largest absolute Gasteiger partial charge is 0.506 e. The molecule has 6 nitrogen and oxygen atoms in total. The minimum atomic E-state index is 0. The molecule has 2 N–H and O–H groups in total. The lowest BCUT2D eigenvalue weighted by Crippen LogP contribution is -2.52. The zero-order chi connectivity index (χ0) is 21.3. The first kappa shape index (κ1) is 25.3. The van der Waals surface area contributed by atoms with Gasteiger partial charge in [-0.25, -0.2) is 0 Å². The molecule has 2 aromatic rings. The molecule has 0 bridgehead atoms. The van der Waals surface area contributed by atoms with Crippen LogP contribution in [0.15, 0.2) is 53.5 Å². The first-order chi connectivity index (χ1) is 14.6. The Bertz CT molecular complexity index is 832. The number of piperazine rings is 1. The van der Waals surface area contributed by atoms with E-state index in [1.54, 1.807) is 6.07 Å². The lowest BCUT2D eigenvalue weighted by atomic mass is 10.1. The van der Waals surface area contributed by atoms with Gasteiger partial charge in [-0.2, -0.15) is 0 Å². The molecular formula is C24H36IN5O. The van der Waals surface area contributed by atoms with Crippen molar-refractivity contribution < 1.29 is 5.11 Å². The molecule has 2 aromatic carbocycles. The molecule has 1 aliphatic rings. The second-order valence-electron chi connectivity index (χ2n) is 7.64. The van der Waals surface area contributed by atoms with Crippen LogP contribution in [-0.4, -0.2) is 67.2 Å². The van der Waals surface area contributed by atoms with Crippen LogP contribution in [0, 0.1) is 0 Å². The number of benzene rings is 2. The van der Waals surface area contributed by atoms with Crippen LogP contribution in [0.25, 0.3) is 0 Å². The summed E-state index contributed by atoms with van der Waals surface area (Å²) >= 11 is 0. The Morgan fingerprint density at radius 3 is 2.32 bits per heavy atom. The summed E-state index contributed by atoms with van der Waals surface area (Å²) in [5.74, 6) is 1.28. The molecule has 1 heterocycles. The van der Waals surface area contributed by atoms with Crippen molar-refractivity contribution in [3.63, 3.8) is 0 Å². The Hall–Kier alpha value is -2.00. The van der Waals surface area contributed by atoms with Crippen molar-refractivity contribution in [1.29, 1.82) is 0 Å². The van der Waals surface area contributed by atoms with Crippen molar-refractivity contribution in [3.8, 4) is 5.75 Å². The van der Waals surface area contributed by atoms with Gasteiger partial charge in [-0.3, -0.25) is 9.89 Å². The maximum Gasteiger partial charge on any atom is 0.194 e. The number of rotatable bonds is 7. The third-order valence-corrected chi connectivity index (χ3v) is 5.76. The predicted octanol–water partition coefficient (Wildman–Crippen LogP) is 3.75. The van der Waals surface area contributed by atoms with Gasteiger partial charge in [-0.1, -0.05) is 50.2 Å². The molecule has 0 aliphatic carbocycles. The van der Waals surface area contributed by atoms with Crippen LogP contribution in [0.2, 0.25) is 0 Å². The molecule has 0 atom stereocenters. The lowest BCUT2D eigenvalue weighted by Gasteiger charge is -2.37. The highest BCUT2D eigenvalue weighted by atomic mass is 127. The molecule has 170 valence electrons. The Labute approximate surface area is 204 Å². The fraction of sp³-hybridized carbons (Fsp3) is 0.458. The summed E-state index contributed by atoms with van der Waals surface area (Å²) in [6, 6.07) is 16.4. The van der Waals surface area contributed by atoms with Gasteiger partial charge in [-0.05, 0) is 36.3 Å². The number of hydrogen-bond donors (Lipinski definition) is 2. The number of aliphatic imine (C=N–C) groups is 1. The molecule has 3 rings (SSSR count). The van der Waals surface area contributed by atoms with Crippen LogP contribution in [-0.2, 0) is 13.1 Å². The minimum absolute atomic E-state index is 0. The van der Waals surface area contributed by atoms with E-state index in [4.69, 9.17) is 0 Å². The monoisotopic (exact) mass is 537 g/mol. The summed E-state index contributed by atoms with van der Waals surface area (Å²) in [5, 5.41) is 13.6. The van der Waals surface area contributed by atoms with E-state index in [2.05, 4.69) is 63.1 Å². The van der Waals surface area contributed by atoms with E-state index in [1.165, 1.54) is 11.1 Å². The quantitative estimate of drug-likeness (QED) is 0.320. The Morgan fingerprint density at radius 1 is 1.00 bits per heavy atom. The van der Waals surface area contributed by atoms with E-state index in [0.717, 1.165) is 64.0 Å². The zero-order valence-corrected chi connectivity index (χ0v) is 21.3. The van der Waals surface area contributed by atoms with Gasteiger partial charge < -0.3 is 20.2 Å². The average Bonchev–Trinajstić information content (AvgIpc) is 2.79. The molecule has 1 saturated heterocycles. The maximum atomic E-state index is 10.1. The molecule has 1 aliphatic heterocycles. The summed E-state index contributed by atoms with van der Waals surface area (Å²) < 4.78 is 0. The van der Waals surface area contributed by atoms with Gasteiger partial charge in [0.1, 0.15) is 5.75 Å². The van der Waals surface area contributed by atoms with Crippen LogP contribution >= 0.6 is 24.0 Å². The molecule has 0 unspecified atom stereocenters. The van der Waals surface area contributed by atoms with Gasteiger partial charge >= 0.3 is 0 Å². The third-order valence-electron chi connectivity index (χ3n) is 5.76. The van der Waals surface area contributed by atoms with E-state index < -0.39 is 0 Å². The number of nitrogens with one attached hydrogen (secondary N) is 1. The molecule has 1 fully saturated rings. The van der Waals surface area contributed by atoms with E-state index >= 15 is 0 Å². The number of guanidine groups is 1. The number of halogens is 1. The Morgan fingerprint density at radius 2 is 1.68 bits per heavy atom. The molecule has 0 amide bonds. The van der Waals surface area contributed by atoms with E-state index in [-0.39, 0.29) is 24.0 Å². The summed E-state index contributed by atoms with van der Waals surface area (Å²) in [4.78, 5) is 11.4. The van der Waals surface area contributed by atoms with Gasteiger partial charge in [0.25, 0.3) is 0 Å². The molecule has 0 spiro atoms. The number of phenolic OH excluding ortho intramolecular Hbond substituents is 1. The minimum Gasteiger partial charge on any atom is -0.506 e. The Kier molecular flexibility index (Phi) is 10.4. The van der Waals surface area contributed by atoms with E-state index in [1.807, 2.05) is 25.2 Å². The highest BCUT2D eigenvalue weighted by molar-refractivity contribution is 14.0. The van der Waals surface area contributed by atoms with E-state index in [9.17, 15) is 5.11 Å². The molecule has 0 radical (unpaired) electrons. The highest BCUT2D eigenvalue weighted by Gasteiger charge is 2.21. The molecule has 31 heavy (non-hydrogen) atoms. The van der Waals surface area contributed by atoms with Crippen molar-refractivity contribution in [3.05, 3.63) is 59.7 Å². The number of nitrogens with zero attached hydrogens (tertiary/aromatic N) is 4. The number of phenols is 1. The van der Waals surface area contributed by atoms with Crippen molar-refractivity contribution in [2.75, 3.05) is 51.2 Å². The number of para-hydroxylation sites is 2. The van der Waals surface area contributed by atoms with Crippen LogP contribution in [0.5, 0.6) is 5.75 Å². The molecule has 0 aromatic heterocycles. The van der Waals surface area contributed by atoms with Crippen LogP contribution in [0.4, 0.5) is 5.69 Å².